The third kappa shape index (κ3) is 7.00. The lowest BCUT2D eigenvalue weighted by atomic mass is 9.86. The van der Waals surface area contributed by atoms with Crippen molar-refractivity contribution in [1.29, 1.82) is 0 Å². The molecule has 2 fully saturated rings. The molecule has 7 heteroatoms. The van der Waals surface area contributed by atoms with Gasteiger partial charge in [-0.1, -0.05) is 18.2 Å². The molecule has 1 aliphatic carbocycles. The molecule has 2 saturated heterocycles. The highest BCUT2D eigenvalue weighted by atomic mass is 16.6. The molecule has 2 heterocycles. The molecule has 2 aliphatic heterocycles. The fourth-order valence-electron chi connectivity index (χ4n) is 5.11. The first-order valence-corrected chi connectivity index (χ1v) is 13.0. The van der Waals surface area contributed by atoms with Crippen molar-refractivity contribution in [3.63, 3.8) is 0 Å². The highest BCUT2D eigenvalue weighted by Crippen LogP contribution is 2.33. The average Bonchev–Trinajstić information content (AvgIpc) is 3.28. The molecule has 1 unspecified atom stereocenters. The van der Waals surface area contributed by atoms with Crippen LogP contribution in [0.25, 0.3) is 5.57 Å². The maximum Gasteiger partial charge on any atom is 0.410 e. The van der Waals surface area contributed by atoms with Crippen molar-refractivity contribution in [2.24, 2.45) is 11.8 Å². The van der Waals surface area contributed by atoms with Crippen LogP contribution in [0.15, 0.2) is 30.3 Å². The van der Waals surface area contributed by atoms with Crippen LogP contribution >= 0.6 is 0 Å². The van der Waals surface area contributed by atoms with E-state index in [-0.39, 0.29) is 24.0 Å². The lowest BCUT2D eigenvalue weighted by molar-refractivity contribution is -0.135. The van der Waals surface area contributed by atoms with Crippen molar-refractivity contribution in [2.75, 3.05) is 32.8 Å². The maximum absolute atomic E-state index is 12.7. The molecule has 7 nitrogen and oxygen atoms in total. The molecule has 4 rings (SSSR count). The molecule has 0 radical (unpaired) electrons. The molecule has 2 amide bonds. The number of benzene rings is 1. The number of likely N-dealkylation sites (tertiary alicyclic amines) is 2. The number of piperidine rings is 1. The number of rotatable bonds is 5. The van der Waals surface area contributed by atoms with Crippen LogP contribution in [0.3, 0.4) is 0 Å². The third-order valence-electron chi connectivity index (χ3n) is 7.21. The molecule has 1 aromatic rings. The van der Waals surface area contributed by atoms with E-state index in [1.165, 1.54) is 11.1 Å². The second-order valence-corrected chi connectivity index (χ2v) is 11.2. The maximum atomic E-state index is 12.7. The van der Waals surface area contributed by atoms with Crippen molar-refractivity contribution in [3.8, 4) is 5.75 Å². The summed E-state index contributed by atoms with van der Waals surface area (Å²) in [6.07, 6.45) is 6.66. The average molecular weight is 485 g/mol. The minimum absolute atomic E-state index is 0.0355. The van der Waals surface area contributed by atoms with Crippen LogP contribution in [0.1, 0.15) is 64.9 Å². The predicted molar refractivity (Wildman–Crippen MR) is 135 cm³/mol. The van der Waals surface area contributed by atoms with Crippen LogP contribution in [-0.2, 0) is 9.53 Å². The van der Waals surface area contributed by atoms with E-state index in [1.54, 1.807) is 4.90 Å². The summed E-state index contributed by atoms with van der Waals surface area (Å²) in [6, 6.07) is 8.25. The van der Waals surface area contributed by atoms with Crippen molar-refractivity contribution < 1.29 is 24.2 Å². The summed E-state index contributed by atoms with van der Waals surface area (Å²) in [5.74, 6) is 1.52. The van der Waals surface area contributed by atoms with Crippen LogP contribution in [-0.4, -0.2) is 71.4 Å². The summed E-state index contributed by atoms with van der Waals surface area (Å²) in [5, 5.41) is 9.70. The SMILES string of the molecule is CC(C)(C)OC(=O)N1CCC(COc2ccc(C3=CCC(C(=O)N4CC[C@@H](O)C4)CC3)cc2)CC1. The van der Waals surface area contributed by atoms with Crippen molar-refractivity contribution >= 4 is 17.6 Å². The lowest BCUT2D eigenvalue weighted by Gasteiger charge is -2.33. The van der Waals surface area contributed by atoms with Gasteiger partial charge in [0.2, 0.25) is 5.91 Å². The van der Waals surface area contributed by atoms with Crippen molar-refractivity contribution in [3.05, 3.63) is 35.9 Å². The van der Waals surface area contributed by atoms with Crippen molar-refractivity contribution in [2.45, 2.75) is 71.0 Å². The van der Waals surface area contributed by atoms with Gasteiger partial charge >= 0.3 is 6.09 Å². The molecule has 35 heavy (non-hydrogen) atoms. The van der Waals surface area contributed by atoms with Crippen LogP contribution in [0.4, 0.5) is 4.79 Å². The van der Waals surface area contributed by atoms with Gasteiger partial charge < -0.3 is 24.4 Å². The van der Waals surface area contributed by atoms with Gasteiger partial charge in [-0.25, -0.2) is 4.79 Å². The Kier molecular flexibility index (Phi) is 8.05. The van der Waals surface area contributed by atoms with Gasteiger partial charge in [-0.05, 0) is 88.5 Å². The lowest BCUT2D eigenvalue weighted by Crippen LogP contribution is -2.42. The number of aliphatic hydroxyl groups is 1. The van der Waals surface area contributed by atoms with E-state index in [0.717, 1.165) is 37.9 Å². The second kappa shape index (κ2) is 11.0. The Bertz CT molecular complexity index is 912. The Labute approximate surface area is 209 Å². The predicted octanol–water partition coefficient (Wildman–Crippen LogP) is 4.49. The monoisotopic (exact) mass is 484 g/mol. The van der Waals surface area contributed by atoms with Gasteiger partial charge in [-0.2, -0.15) is 0 Å². The van der Waals surface area contributed by atoms with Crippen LogP contribution in [0.2, 0.25) is 0 Å². The smallest absolute Gasteiger partial charge is 0.410 e. The standard InChI is InChI=1S/C28H40N2O5/c1-28(2,3)35-27(33)29-15-12-20(13-16-29)19-34-25-10-8-22(9-11-25)21-4-6-23(7-5-21)26(32)30-17-14-24(31)18-30/h4,8-11,20,23-24,31H,5-7,12-19H2,1-3H3/t23?,24-/m1/s1. The quantitative estimate of drug-likeness (QED) is 0.666. The highest BCUT2D eigenvalue weighted by Gasteiger charge is 2.31. The van der Waals surface area contributed by atoms with Crippen LogP contribution in [0, 0.1) is 11.8 Å². The minimum atomic E-state index is -0.464. The number of hydrogen-bond donors (Lipinski definition) is 1. The largest absolute Gasteiger partial charge is 0.493 e. The number of carbonyl (C=O) groups is 2. The molecule has 0 saturated carbocycles. The first-order valence-electron chi connectivity index (χ1n) is 13.0. The molecule has 3 aliphatic rings. The fraction of sp³-hybridized carbons (Fsp3) is 0.643. The van der Waals surface area contributed by atoms with Crippen LogP contribution < -0.4 is 4.74 Å². The summed E-state index contributed by atoms with van der Waals surface area (Å²) >= 11 is 0. The molecular formula is C28H40N2O5. The molecule has 2 atom stereocenters. The fourth-order valence-corrected chi connectivity index (χ4v) is 5.11. The highest BCUT2D eigenvalue weighted by molar-refractivity contribution is 5.81. The Morgan fingerprint density at radius 3 is 2.26 bits per heavy atom. The Morgan fingerprint density at radius 1 is 1.00 bits per heavy atom. The van der Waals surface area contributed by atoms with Gasteiger partial charge in [-0.3, -0.25) is 4.79 Å². The molecular weight excluding hydrogens is 444 g/mol. The topological polar surface area (TPSA) is 79.3 Å². The third-order valence-corrected chi connectivity index (χ3v) is 7.21. The number of allylic oxidation sites excluding steroid dienone is 2. The van der Waals surface area contributed by atoms with Gasteiger partial charge in [0.25, 0.3) is 0 Å². The Hall–Kier alpha value is -2.54. The summed E-state index contributed by atoms with van der Waals surface area (Å²) in [6.45, 7) is 8.90. The van der Waals surface area contributed by atoms with Crippen LogP contribution in [0.5, 0.6) is 5.75 Å². The first kappa shape index (κ1) is 25.5. The normalized spacial score (nSPS) is 23.7. The number of amides is 2. The molecule has 1 N–H and O–H groups in total. The summed E-state index contributed by atoms with van der Waals surface area (Å²) in [4.78, 5) is 28.5. The number of β-amino-alcohol motifs (C(OH)–C–C–N with tert-alkyl or cyclic N) is 1. The van der Waals surface area contributed by atoms with Gasteiger partial charge in [0.05, 0.1) is 12.7 Å². The molecule has 1 aromatic carbocycles. The van der Waals surface area contributed by atoms with E-state index in [0.29, 0.717) is 45.1 Å². The second-order valence-electron chi connectivity index (χ2n) is 11.2. The molecule has 0 spiro atoms. The number of aliphatic hydroxyl groups excluding tert-OH is 1. The molecule has 0 bridgehead atoms. The zero-order valence-electron chi connectivity index (χ0n) is 21.4. The van der Waals surface area contributed by atoms with E-state index >= 15 is 0 Å². The number of carbonyl (C=O) groups excluding carboxylic acids is 2. The zero-order valence-corrected chi connectivity index (χ0v) is 21.4. The van der Waals surface area contributed by atoms with E-state index in [9.17, 15) is 14.7 Å². The van der Waals surface area contributed by atoms with Crippen molar-refractivity contribution in [1.82, 2.24) is 9.80 Å². The number of hydrogen-bond acceptors (Lipinski definition) is 5. The number of nitrogens with zero attached hydrogens (tertiary/aromatic N) is 2. The van der Waals surface area contributed by atoms with E-state index in [4.69, 9.17) is 9.47 Å². The van der Waals surface area contributed by atoms with E-state index in [1.807, 2.05) is 37.8 Å². The minimum Gasteiger partial charge on any atom is -0.493 e. The van der Waals surface area contributed by atoms with Gasteiger partial charge in [0.1, 0.15) is 11.4 Å². The van der Waals surface area contributed by atoms with Gasteiger partial charge in [0, 0.05) is 32.1 Å². The number of ether oxygens (including phenoxy) is 2. The Balaban J connectivity index is 1.20. The van der Waals surface area contributed by atoms with E-state index in [2.05, 4.69) is 18.2 Å². The molecule has 192 valence electrons. The summed E-state index contributed by atoms with van der Waals surface area (Å²) in [7, 11) is 0. The van der Waals surface area contributed by atoms with Gasteiger partial charge in [-0.15, -0.1) is 0 Å². The summed E-state index contributed by atoms with van der Waals surface area (Å²) < 4.78 is 11.5. The van der Waals surface area contributed by atoms with E-state index < -0.39 is 5.60 Å². The zero-order chi connectivity index (χ0) is 25.0. The Morgan fingerprint density at radius 2 is 1.69 bits per heavy atom. The molecule has 0 aromatic heterocycles. The summed E-state index contributed by atoms with van der Waals surface area (Å²) in [5.41, 5.74) is 2.01. The van der Waals surface area contributed by atoms with Gasteiger partial charge in [0.15, 0.2) is 0 Å². The first-order chi connectivity index (χ1) is 16.7.